The van der Waals surface area contributed by atoms with Crippen LogP contribution in [0.5, 0.6) is 0 Å². The molecule has 1 aliphatic carbocycles. The first-order valence-electron chi connectivity index (χ1n) is 9.71. The number of carbonyl (C=O) groups excluding carboxylic acids is 1. The van der Waals surface area contributed by atoms with Crippen molar-refractivity contribution in [3.63, 3.8) is 0 Å². The van der Waals surface area contributed by atoms with Gasteiger partial charge in [0.2, 0.25) is 5.89 Å². The highest BCUT2D eigenvalue weighted by Gasteiger charge is 2.27. The second-order valence-corrected chi connectivity index (χ2v) is 7.14. The van der Waals surface area contributed by atoms with Gasteiger partial charge in [0.25, 0.3) is 5.89 Å². The van der Waals surface area contributed by atoms with Gasteiger partial charge in [0, 0.05) is 16.6 Å². The Morgan fingerprint density at radius 2 is 1.83 bits per heavy atom. The monoisotopic (exact) mass is 385 g/mol. The van der Waals surface area contributed by atoms with Crippen molar-refractivity contribution in [2.75, 3.05) is 0 Å². The second-order valence-electron chi connectivity index (χ2n) is 7.14. The molecule has 6 nitrogen and oxygen atoms in total. The van der Waals surface area contributed by atoms with E-state index in [9.17, 15) is 4.79 Å². The molecule has 0 N–H and O–H groups in total. The van der Waals surface area contributed by atoms with E-state index in [0.29, 0.717) is 11.5 Å². The van der Waals surface area contributed by atoms with Crippen molar-refractivity contribution in [3.05, 3.63) is 77.3 Å². The van der Waals surface area contributed by atoms with Crippen molar-refractivity contribution >= 4 is 16.9 Å². The van der Waals surface area contributed by atoms with E-state index in [1.807, 2.05) is 54.6 Å². The van der Waals surface area contributed by atoms with Crippen LogP contribution in [0.1, 0.15) is 47.0 Å². The predicted molar refractivity (Wildman–Crippen MR) is 107 cm³/mol. The zero-order chi connectivity index (χ0) is 19.8. The molecule has 144 valence electrons. The Morgan fingerprint density at radius 1 is 1.03 bits per heavy atom. The number of pyridine rings is 1. The van der Waals surface area contributed by atoms with E-state index in [1.54, 1.807) is 6.92 Å². The highest BCUT2D eigenvalue weighted by molar-refractivity contribution is 6.05. The third-order valence-electron chi connectivity index (χ3n) is 5.22. The summed E-state index contributed by atoms with van der Waals surface area (Å²) in [4.78, 5) is 17.9. The summed E-state index contributed by atoms with van der Waals surface area (Å²) in [5.41, 5.74) is 4.24. The molecule has 0 amide bonds. The molecule has 0 radical (unpaired) electrons. The van der Waals surface area contributed by atoms with Gasteiger partial charge in [0.1, 0.15) is 0 Å². The summed E-state index contributed by atoms with van der Waals surface area (Å²) in [6, 6.07) is 17.2. The number of carbonyl (C=O) groups is 1. The van der Waals surface area contributed by atoms with E-state index in [4.69, 9.17) is 14.1 Å². The van der Waals surface area contributed by atoms with E-state index in [2.05, 4.69) is 10.2 Å². The molecule has 0 fully saturated rings. The van der Waals surface area contributed by atoms with Crippen molar-refractivity contribution in [2.24, 2.45) is 0 Å². The Labute approximate surface area is 167 Å². The van der Waals surface area contributed by atoms with Crippen LogP contribution in [-0.2, 0) is 17.6 Å². The van der Waals surface area contributed by atoms with Gasteiger partial charge in [-0.15, -0.1) is 10.2 Å². The molecule has 5 rings (SSSR count). The van der Waals surface area contributed by atoms with Gasteiger partial charge in [0.05, 0.1) is 11.1 Å². The number of aromatic nitrogens is 3. The summed E-state index contributed by atoms with van der Waals surface area (Å²) in [5.74, 6) is 0.291. The molecule has 2 aromatic heterocycles. The number of fused-ring (bicyclic) bond motifs is 2. The van der Waals surface area contributed by atoms with Gasteiger partial charge >= 0.3 is 5.97 Å². The van der Waals surface area contributed by atoms with Crippen LogP contribution >= 0.6 is 0 Å². The lowest BCUT2D eigenvalue weighted by molar-refractivity contribution is 0.0281. The number of aryl methyl sites for hydroxylation is 1. The molecule has 0 spiro atoms. The van der Waals surface area contributed by atoms with E-state index < -0.39 is 6.10 Å². The van der Waals surface area contributed by atoms with Crippen LogP contribution in [0.3, 0.4) is 0 Å². The van der Waals surface area contributed by atoms with E-state index in [0.717, 1.165) is 47.0 Å². The number of ether oxygens (including phenoxy) is 1. The van der Waals surface area contributed by atoms with Crippen molar-refractivity contribution in [1.29, 1.82) is 0 Å². The maximum atomic E-state index is 13.1. The summed E-state index contributed by atoms with van der Waals surface area (Å²) in [7, 11) is 0. The molecule has 4 aromatic rings. The molecule has 6 heteroatoms. The van der Waals surface area contributed by atoms with E-state index >= 15 is 0 Å². The third kappa shape index (κ3) is 3.16. The average molecular weight is 385 g/mol. The maximum Gasteiger partial charge on any atom is 0.339 e. The molecule has 29 heavy (non-hydrogen) atoms. The van der Waals surface area contributed by atoms with Gasteiger partial charge in [-0.3, -0.25) is 4.98 Å². The summed E-state index contributed by atoms with van der Waals surface area (Å²) in [6.07, 6.45) is 2.07. The van der Waals surface area contributed by atoms with Crippen molar-refractivity contribution in [2.45, 2.75) is 32.3 Å². The number of esters is 1. The fourth-order valence-corrected chi connectivity index (χ4v) is 3.81. The number of nitrogens with zero attached hydrogens (tertiary/aromatic N) is 3. The second kappa shape index (κ2) is 7.13. The Bertz CT molecular complexity index is 1200. The quantitative estimate of drug-likeness (QED) is 0.474. The number of hydrogen-bond acceptors (Lipinski definition) is 6. The number of rotatable bonds is 4. The fourth-order valence-electron chi connectivity index (χ4n) is 3.81. The number of para-hydroxylation sites is 1. The third-order valence-corrected chi connectivity index (χ3v) is 5.22. The Kier molecular flexibility index (Phi) is 4.31. The lowest BCUT2D eigenvalue weighted by atomic mass is 10.0. The van der Waals surface area contributed by atoms with Gasteiger partial charge in [-0.05, 0) is 49.9 Å². The summed E-state index contributed by atoms with van der Waals surface area (Å²) >= 11 is 0. The molecular formula is C23H19N3O3. The minimum Gasteiger partial charge on any atom is -0.449 e. The van der Waals surface area contributed by atoms with Crippen LogP contribution in [0.25, 0.3) is 22.4 Å². The normalized spacial score (nSPS) is 14.0. The minimum absolute atomic E-state index is 0.271. The molecule has 0 bridgehead atoms. The Balaban J connectivity index is 1.45. The first-order valence-corrected chi connectivity index (χ1v) is 9.71. The largest absolute Gasteiger partial charge is 0.449 e. The minimum atomic E-state index is -0.656. The summed E-state index contributed by atoms with van der Waals surface area (Å²) in [5, 5.41) is 8.97. The lowest BCUT2D eigenvalue weighted by Gasteiger charge is -2.14. The number of benzene rings is 2. The first kappa shape index (κ1) is 17.6. The van der Waals surface area contributed by atoms with Crippen LogP contribution in [0.4, 0.5) is 0 Å². The Morgan fingerprint density at radius 3 is 2.69 bits per heavy atom. The van der Waals surface area contributed by atoms with E-state index in [-0.39, 0.29) is 11.9 Å². The van der Waals surface area contributed by atoms with Crippen LogP contribution in [0.2, 0.25) is 0 Å². The van der Waals surface area contributed by atoms with Crippen LogP contribution in [0, 0.1) is 0 Å². The molecule has 0 aliphatic heterocycles. The summed E-state index contributed by atoms with van der Waals surface area (Å²) in [6.45, 7) is 1.74. The van der Waals surface area contributed by atoms with Crippen molar-refractivity contribution in [3.8, 4) is 11.5 Å². The number of hydrogen-bond donors (Lipinski definition) is 0. The SMILES string of the molecule is CC(OC(=O)c1c2c(nc3ccccc13)CCC2)c1nnc(-c2ccccc2)o1. The highest BCUT2D eigenvalue weighted by Crippen LogP contribution is 2.32. The molecule has 2 aromatic carbocycles. The van der Waals surface area contributed by atoms with Gasteiger partial charge in [-0.2, -0.15) is 0 Å². The van der Waals surface area contributed by atoms with Crippen LogP contribution in [0.15, 0.2) is 59.0 Å². The maximum absolute atomic E-state index is 13.1. The molecule has 0 saturated carbocycles. The smallest absolute Gasteiger partial charge is 0.339 e. The molecule has 1 atom stereocenters. The molecule has 0 saturated heterocycles. The molecule has 1 aliphatic rings. The molecular weight excluding hydrogens is 366 g/mol. The van der Waals surface area contributed by atoms with Gasteiger partial charge < -0.3 is 9.15 Å². The van der Waals surface area contributed by atoms with Crippen LogP contribution in [-0.4, -0.2) is 21.2 Å². The Hall–Kier alpha value is -3.54. The van der Waals surface area contributed by atoms with E-state index in [1.165, 1.54) is 0 Å². The van der Waals surface area contributed by atoms with Gasteiger partial charge in [-0.1, -0.05) is 36.4 Å². The fraction of sp³-hybridized carbons (Fsp3) is 0.217. The topological polar surface area (TPSA) is 78.1 Å². The zero-order valence-electron chi connectivity index (χ0n) is 16.0. The van der Waals surface area contributed by atoms with Crippen LogP contribution < -0.4 is 0 Å². The van der Waals surface area contributed by atoms with Crippen molar-refractivity contribution in [1.82, 2.24) is 15.2 Å². The molecule has 2 heterocycles. The summed E-state index contributed by atoms with van der Waals surface area (Å²) < 4.78 is 11.5. The lowest BCUT2D eigenvalue weighted by Crippen LogP contribution is -2.13. The standard InChI is InChI=1S/C23H19N3O3/c1-14(21-25-26-22(29-21)15-8-3-2-4-9-15)28-23(27)20-16-10-5-6-12-18(16)24-19-13-7-11-17(19)20/h2-6,8-10,12,14H,7,11,13H2,1H3. The van der Waals surface area contributed by atoms with Gasteiger partial charge in [-0.25, -0.2) is 4.79 Å². The van der Waals surface area contributed by atoms with Gasteiger partial charge in [0.15, 0.2) is 6.10 Å². The predicted octanol–water partition coefficient (Wildman–Crippen LogP) is 4.69. The zero-order valence-corrected chi connectivity index (χ0v) is 16.0. The average Bonchev–Trinajstić information content (AvgIpc) is 3.42. The molecule has 1 unspecified atom stereocenters. The first-order chi connectivity index (χ1) is 14.2. The van der Waals surface area contributed by atoms with Crippen molar-refractivity contribution < 1.29 is 13.9 Å². The highest BCUT2D eigenvalue weighted by atomic mass is 16.6.